The number of carboxylic acid groups (broad SMARTS) is 2. The van der Waals surface area contributed by atoms with Gasteiger partial charge in [0.1, 0.15) is 0 Å². The Morgan fingerprint density at radius 3 is 1.36 bits per heavy atom. The van der Waals surface area contributed by atoms with Crippen LogP contribution < -0.4 is 0 Å². The molecule has 0 radical (unpaired) electrons. The Balaban J connectivity index is 2.80. The maximum Gasteiger partial charge on any atom is 0.307 e. The minimum atomic E-state index is -1.25. The lowest BCUT2D eigenvalue weighted by Crippen LogP contribution is -2.44. The molecule has 1 aliphatic rings. The van der Waals surface area contributed by atoms with E-state index in [9.17, 15) is 19.8 Å². The van der Waals surface area contributed by atoms with Crippen LogP contribution in [0.2, 0.25) is 0 Å². The van der Waals surface area contributed by atoms with Crippen molar-refractivity contribution in [3.8, 4) is 0 Å². The first-order chi connectivity index (χ1) is 6.43. The molecule has 1 aliphatic carbocycles. The second-order valence-corrected chi connectivity index (χ2v) is 3.50. The van der Waals surface area contributed by atoms with Crippen molar-refractivity contribution < 1.29 is 30.0 Å². The summed E-state index contributed by atoms with van der Waals surface area (Å²) in [4.78, 5) is 21.3. The van der Waals surface area contributed by atoms with Crippen molar-refractivity contribution in [3.63, 3.8) is 0 Å². The standard InChI is InChI=1S/C8H12O6/c9-5-1-3(7(11)12)4(8(13)14)2-6(5)10/h3-6,9-10H,1-2H2,(H,11,12)(H,13,14)/t3-,4+,5-,6+. The van der Waals surface area contributed by atoms with Crippen molar-refractivity contribution in [2.24, 2.45) is 11.8 Å². The lowest BCUT2D eigenvalue weighted by Gasteiger charge is -2.32. The third kappa shape index (κ3) is 2.02. The zero-order chi connectivity index (χ0) is 10.9. The summed E-state index contributed by atoms with van der Waals surface area (Å²) in [5.74, 6) is -4.73. The van der Waals surface area contributed by atoms with Gasteiger partial charge in [-0.05, 0) is 12.8 Å². The molecule has 1 rings (SSSR count). The van der Waals surface area contributed by atoms with E-state index < -0.39 is 36.0 Å². The first-order valence-electron chi connectivity index (χ1n) is 4.25. The van der Waals surface area contributed by atoms with Crippen LogP contribution in [-0.2, 0) is 9.59 Å². The fourth-order valence-electron chi connectivity index (χ4n) is 1.71. The summed E-state index contributed by atoms with van der Waals surface area (Å²) in [6.07, 6.45) is -2.72. The van der Waals surface area contributed by atoms with Crippen LogP contribution in [0.3, 0.4) is 0 Å². The van der Waals surface area contributed by atoms with Crippen molar-refractivity contribution in [2.45, 2.75) is 25.0 Å². The highest BCUT2D eigenvalue weighted by atomic mass is 16.4. The van der Waals surface area contributed by atoms with Crippen molar-refractivity contribution in [2.75, 3.05) is 0 Å². The molecule has 0 bridgehead atoms. The van der Waals surface area contributed by atoms with Gasteiger partial charge in [-0.1, -0.05) is 0 Å². The fraction of sp³-hybridized carbons (Fsp3) is 0.750. The molecule has 0 aromatic heterocycles. The highest BCUT2D eigenvalue weighted by Crippen LogP contribution is 2.31. The summed E-state index contributed by atoms with van der Waals surface area (Å²) in [5.41, 5.74) is 0. The summed E-state index contributed by atoms with van der Waals surface area (Å²) in [5, 5.41) is 35.8. The largest absolute Gasteiger partial charge is 0.481 e. The molecule has 0 spiro atoms. The van der Waals surface area contributed by atoms with E-state index in [4.69, 9.17) is 10.2 Å². The molecule has 4 N–H and O–H groups in total. The van der Waals surface area contributed by atoms with Gasteiger partial charge in [0.2, 0.25) is 0 Å². The smallest absolute Gasteiger partial charge is 0.307 e. The molecule has 0 amide bonds. The number of aliphatic hydroxyl groups is 2. The van der Waals surface area contributed by atoms with Gasteiger partial charge in [-0.25, -0.2) is 0 Å². The van der Waals surface area contributed by atoms with Crippen LogP contribution in [-0.4, -0.2) is 44.6 Å². The van der Waals surface area contributed by atoms with Crippen molar-refractivity contribution >= 4 is 11.9 Å². The average molecular weight is 204 g/mol. The number of rotatable bonds is 2. The molecular formula is C8H12O6. The Kier molecular flexibility index (Phi) is 3.07. The molecule has 0 unspecified atom stereocenters. The maximum atomic E-state index is 10.7. The van der Waals surface area contributed by atoms with Crippen LogP contribution in [0.15, 0.2) is 0 Å². The normalized spacial score (nSPS) is 37.9. The molecular weight excluding hydrogens is 192 g/mol. The monoisotopic (exact) mass is 204 g/mol. The van der Waals surface area contributed by atoms with E-state index in [0.717, 1.165) is 0 Å². The summed E-state index contributed by atoms with van der Waals surface area (Å²) in [6.45, 7) is 0. The first kappa shape index (κ1) is 10.9. The number of hydrogen-bond donors (Lipinski definition) is 4. The molecule has 6 nitrogen and oxygen atoms in total. The van der Waals surface area contributed by atoms with Crippen LogP contribution in [0.25, 0.3) is 0 Å². The molecule has 80 valence electrons. The lowest BCUT2D eigenvalue weighted by molar-refractivity contribution is -0.162. The van der Waals surface area contributed by atoms with E-state index in [-0.39, 0.29) is 12.8 Å². The van der Waals surface area contributed by atoms with Gasteiger partial charge in [0, 0.05) is 0 Å². The predicted octanol–water partition coefficient (Wildman–Crippen LogP) is -1.10. The van der Waals surface area contributed by atoms with Gasteiger partial charge in [-0.3, -0.25) is 9.59 Å². The molecule has 0 aliphatic heterocycles. The first-order valence-corrected chi connectivity index (χ1v) is 4.25. The topological polar surface area (TPSA) is 115 Å². The molecule has 6 heteroatoms. The third-order valence-corrected chi connectivity index (χ3v) is 2.56. The van der Waals surface area contributed by atoms with Gasteiger partial charge in [-0.15, -0.1) is 0 Å². The molecule has 0 aromatic rings. The van der Waals surface area contributed by atoms with Crippen LogP contribution in [0.1, 0.15) is 12.8 Å². The number of carbonyl (C=O) groups is 2. The van der Waals surface area contributed by atoms with E-state index in [1.807, 2.05) is 0 Å². The predicted molar refractivity (Wildman–Crippen MR) is 43.5 cm³/mol. The highest BCUT2D eigenvalue weighted by molar-refractivity contribution is 5.80. The molecule has 1 fully saturated rings. The Bertz CT molecular complexity index is 224. The van der Waals surface area contributed by atoms with Gasteiger partial charge >= 0.3 is 11.9 Å². The fourth-order valence-corrected chi connectivity index (χ4v) is 1.71. The summed E-state index contributed by atoms with van der Waals surface area (Å²) in [6, 6.07) is 0. The molecule has 0 saturated heterocycles. The van der Waals surface area contributed by atoms with Gasteiger partial charge in [0.15, 0.2) is 0 Å². The van der Waals surface area contributed by atoms with Crippen LogP contribution in [0.4, 0.5) is 0 Å². The zero-order valence-electron chi connectivity index (χ0n) is 7.33. The number of hydrogen-bond acceptors (Lipinski definition) is 4. The highest BCUT2D eigenvalue weighted by Gasteiger charge is 2.42. The summed E-state index contributed by atoms with van der Waals surface area (Å²) >= 11 is 0. The molecule has 0 aromatic carbocycles. The van der Waals surface area contributed by atoms with E-state index in [2.05, 4.69) is 0 Å². The van der Waals surface area contributed by atoms with Gasteiger partial charge in [0.05, 0.1) is 24.0 Å². The maximum absolute atomic E-state index is 10.7. The van der Waals surface area contributed by atoms with Gasteiger partial charge in [-0.2, -0.15) is 0 Å². The summed E-state index contributed by atoms with van der Waals surface area (Å²) < 4.78 is 0. The van der Waals surface area contributed by atoms with Gasteiger partial charge < -0.3 is 20.4 Å². The van der Waals surface area contributed by atoms with Gasteiger partial charge in [0.25, 0.3) is 0 Å². The van der Waals surface area contributed by atoms with Crippen LogP contribution >= 0.6 is 0 Å². The van der Waals surface area contributed by atoms with Crippen LogP contribution in [0, 0.1) is 11.8 Å². The van der Waals surface area contributed by atoms with Crippen LogP contribution in [0.5, 0.6) is 0 Å². The second-order valence-electron chi connectivity index (χ2n) is 3.50. The third-order valence-electron chi connectivity index (χ3n) is 2.56. The quantitative estimate of drug-likeness (QED) is 0.454. The Labute approximate surface area is 79.8 Å². The number of carboxylic acids is 2. The minimum Gasteiger partial charge on any atom is -0.481 e. The zero-order valence-corrected chi connectivity index (χ0v) is 7.33. The Morgan fingerprint density at radius 1 is 0.857 bits per heavy atom. The minimum absolute atomic E-state index is 0.215. The second kappa shape index (κ2) is 3.93. The number of aliphatic hydroxyl groups excluding tert-OH is 2. The number of aliphatic carboxylic acids is 2. The summed E-state index contributed by atoms with van der Waals surface area (Å²) in [7, 11) is 0. The molecule has 4 atom stereocenters. The molecule has 1 saturated carbocycles. The lowest BCUT2D eigenvalue weighted by atomic mass is 9.76. The Hall–Kier alpha value is -1.14. The van der Waals surface area contributed by atoms with E-state index >= 15 is 0 Å². The molecule has 0 heterocycles. The Morgan fingerprint density at radius 2 is 1.14 bits per heavy atom. The van der Waals surface area contributed by atoms with E-state index in [0.29, 0.717) is 0 Å². The van der Waals surface area contributed by atoms with E-state index in [1.165, 1.54) is 0 Å². The van der Waals surface area contributed by atoms with Crippen molar-refractivity contribution in [1.29, 1.82) is 0 Å². The van der Waals surface area contributed by atoms with Crippen molar-refractivity contribution in [3.05, 3.63) is 0 Å². The SMILES string of the molecule is O=C(O)[C@H]1C[C@H](O)[C@H](O)C[C@H]1C(=O)O. The average Bonchev–Trinajstić information content (AvgIpc) is 2.08. The molecule has 14 heavy (non-hydrogen) atoms. The van der Waals surface area contributed by atoms with E-state index in [1.54, 1.807) is 0 Å². The van der Waals surface area contributed by atoms with Crippen molar-refractivity contribution in [1.82, 2.24) is 0 Å².